The molecule has 0 bridgehead atoms. The van der Waals surface area contributed by atoms with Gasteiger partial charge in [-0.25, -0.2) is 0 Å². The number of hydrogen-bond acceptors (Lipinski definition) is 2. The Labute approximate surface area is 67.7 Å². The molecule has 0 unspecified atom stereocenters. The van der Waals surface area contributed by atoms with E-state index in [4.69, 9.17) is 5.84 Å². The monoisotopic (exact) mass is 156 g/mol. The van der Waals surface area contributed by atoms with E-state index in [0.29, 0.717) is 5.92 Å². The van der Waals surface area contributed by atoms with Crippen molar-refractivity contribution in [1.82, 2.24) is 5.01 Å². The van der Waals surface area contributed by atoms with E-state index in [9.17, 15) is 0 Å². The van der Waals surface area contributed by atoms with Gasteiger partial charge in [-0.1, -0.05) is 25.1 Å². The molecule has 0 spiro atoms. The van der Waals surface area contributed by atoms with Gasteiger partial charge in [-0.15, -0.1) is 0 Å². The molecular weight excluding hydrogens is 140 g/mol. The molecule has 0 heterocycles. The van der Waals surface area contributed by atoms with Crippen LogP contribution in [0.3, 0.4) is 0 Å². The maximum Gasteiger partial charge on any atom is 0.0365 e. The molecule has 4 heteroatoms. The van der Waals surface area contributed by atoms with Crippen LogP contribution in [0.1, 0.15) is 20.8 Å². The third-order valence-corrected chi connectivity index (χ3v) is 1.45. The van der Waals surface area contributed by atoms with Gasteiger partial charge in [0.15, 0.2) is 0 Å². The summed E-state index contributed by atoms with van der Waals surface area (Å²) in [5.41, 5.74) is 1.11. The Balaban J connectivity index is 4.27. The zero-order valence-electron chi connectivity index (χ0n) is 7.57. The SMILES string of the molecule is C/C=C(/C(C)C)N(C)/N=N\N. The summed E-state index contributed by atoms with van der Waals surface area (Å²) in [5.74, 6) is 5.35. The summed E-state index contributed by atoms with van der Waals surface area (Å²) >= 11 is 0. The lowest BCUT2D eigenvalue weighted by molar-refractivity contribution is 0.365. The van der Waals surface area contributed by atoms with E-state index in [2.05, 4.69) is 24.3 Å². The van der Waals surface area contributed by atoms with E-state index in [1.807, 2.05) is 20.0 Å². The summed E-state index contributed by atoms with van der Waals surface area (Å²) in [6, 6.07) is 0. The van der Waals surface area contributed by atoms with Crippen molar-refractivity contribution in [2.75, 3.05) is 7.05 Å². The molecule has 2 N–H and O–H groups in total. The van der Waals surface area contributed by atoms with Crippen LogP contribution in [0.4, 0.5) is 0 Å². The summed E-state index contributed by atoms with van der Waals surface area (Å²) < 4.78 is 0. The van der Waals surface area contributed by atoms with Gasteiger partial charge in [-0.3, -0.25) is 5.01 Å². The molecule has 0 aliphatic heterocycles. The zero-order chi connectivity index (χ0) is 8.85. The smallest absolute Gasteiger partial charge is 0.0365 e. The van der Waals surface area contributed by atoms with Gasteiger partial charge in [0.1, 0.15) is 0 Å². The number of nitrogens with two attached hydrogens (primary N) is 1. The molecule has 0 aliphatic rings. The number of hydrogen-bond donors (Lipinski definition) is 1. The predicted octanol–water partition coefficient (Wildman–Crippen LogP) is 1.72. The van der Waals surface area contributed by atoms with Crippen LogP contribution in [0.25, 0.3) is 0 Å². The largest absolute Gasteiger partial charge is 0.303 e. The molecule has 0 amide bonds. The highest BCUT2D eigenvalue weighted by Gasteiger charge is 2.05. The molecule has 0 fully saturated rings. The quantitative estimate of drug-likeness (QED) is 0.384. The summed E-state index contributed by atoms with van der Waals surface area (Å²) in [5, 5.41) is 8.55. The first kappa shape index (κ1) is 9.94. The molecule has 64 valence electrons. The number of allylic oxidation sites excluding steroid dienone is 2. The summed E-state index contributed by atoms with van der Waals surface area (Å²) in [6.07, 6.45) is 2.00. The summed E-state index contributed by atoms with van der Waals surface area (Å²) in [6.45, 7) is 6.16. The molecule has 0 saturated carbocycles. The number of nitrogens with zero attached hydrogens (tertiary/aromatic N) is 3. The summed E-state index contributed by atoms with van der Waals surface area (Å²) in [7, 11) is 1.83. The molecule has 0 radical (unpaired) electrons. The van der Waals surface area contributed by atoms with Gasteiger partial charge >= 0.3 is 0 Å². The average molecular weight is 156 g/mol. The minimum absolute atomic E-state index is 0.440. The molecule has 0 rings (SSSR count). The van der Waals surface area contributed by atoms with Crippen molar-refractivity contribution in [2.45, 2.75) is 20.8 Å². The Morgan fingerprint density at radius 1 is 1.55 bits per heavy atom. The maximum absolute atomic E-state index is 4.91. The van der Waals surface area contributed by atoms with Gasteiger partial charge in [0.05, 0.1) is 0 Å². The highest BCUT2D eigenvalue weighted by atomic mass is 15.6. The van der Waals surface area contributed by atoms with Gasteiger partial charge in [0.2, 0.25) is 0 Å². The van der Waals surface area contributed by atoms with Crippen molar-refractivity contribution in [1.29, 1.82) is 0 Å². The molecule has 0 saturated heterocycles. The second kappa shape index (κ2) is 4.71. The van der Waals surface area contributed by atoms with Crippen molar-refractivity contribution in [3.63, 3.8) is 0 Å². The molecule has 11 heavy (non-hydrogen) atoms. The van der Waals surface area contributed by atoms with Crippen LogP contribution in [0.15, 0.2) is 22.2 Å². The number of rotatable bonds is 3. The van der Waals surface area contributed by atoms with Gasteiger partial charge in [-0.2, -0.15) is 0 Å². The molecule has 0 aliphatic carbocycles. The van der Waals surface area contributed by atoms with Crippen LogP contribution in [-0.4, -0.2) is 12.1 Å². The van der Waals surface area contributed by atoms with Crippen LogP contribution in [0.5, 0.6) is 0 Å². The molecule has 0 atom stereocenters. The maximum atomic E-state index is 4.91. The topological polar surface area (TPSA) is 54.0 Å². The van der Waals surface area contributed by atoms with Crippen molar-refractivity contribution < 1.29 is 0 Å². The van der Waals surface area contributed by atoms with Crippen LogP contribution in [0, 0.1) is 5.92 Å². The minimum Gasteiger partial charge on any atom is -0.303 e. The highest BCUT2D eigenvalue weighted by molar-refractivity contribution is 4.99. The molecule has 0 aromatic rings. The van der Waals surface area contributed by atoms with Crippen molar-refractivity contribution in [3.8, 4) is 0 Å². The molecular formula is C7H16N4. The van der Waals surface area contributed by atoms with Gasteiger partial charge in [-0.05, 0) is 18.1 Å². The van der Waals surface area contributed by atoms with E-state index in [0.717, 1.165) is 5.70 Å². The molecule has 0 aromatic carbocycles. The lowest BCUT2D eigenvalue weighted by atomic mass is 10.1. The predicted molar refractivity (Wildman–Crippen MR) is 45.4 cm³/mol. The minimum atomic E-state index is 0.440. The summed E-state index contributed by atoms with van der Waals surface area (Å²) in [4.78, 5) is 0. The fraction of sp³-hybridized carbons (Fsp3) is 0.714. The fourth-order valence-corrected chi connectivity index (χ4v) is 1.02. The van der Waals surface area contributed by atoms with Crippen LogP contribution in [-0.2, 0) is 0 Å². The van der Waals surface area contributed by atoms with Crippen molar-refractivity contribution >= 4 is 0 Å². The van der Waals surface area contributed by atoms with Gasteiger partial charge < -0.3 is 5.84 Å². The molecule has 4 nitrogen and oxygen atoms in total. The van der Waals surface area contributed by atoms with Crippen molar-refractivity contribution in [3.05, 3.63) is 11.8 Å². The van der Waals surface area contributed by atoms with Gasteiger partial charge in [0.25, 0.3) is 0 Å². The van der Waals surface area contributed by atoms with E-state index >= 15 is 0 Å². The van der Waals surface area contributed by atoms with Crippen molar-refractivity contribution in [2.24, 2.45) is 22.2 Å². The van der Waals surface area contributed by atoms with E-state index in [-0.39, 0.29) is 0 Å². The van der Waals surface area contributed by atoms with Crippen LogP contribution in [0.2, 0.25) is 0 Å². The van der Waals surface area contributed by atoms with Gasteiger partial charge in [0, 0.05) is 12.7 Å². The Kier molecular flexibility index (Phi) is 4.26. The first-order chi connectivity index (χ1) is 5.13. The Hall–Kier alpha value is -1.06. The van der Waals surface area contributed by atoms with Crippen LogP contribution < -0.4 is 5.84 Å². The fourth-order valence-electron chi connectivity index (χ4n) is 1.02. The first-order valence-corrected chi connectivity index (χ1v) is 3.64. The third-order valence-electron chi connectivity index (χ3n) is 1.45. The molecule has 0 aromatic heterocycles. The Bertz CT molecular complexity index is 160. The second-order valence-electron chi connectivity index (χ2n) is 2.60. The lowest BCUT2D eigenvalue weighted by Gasteiger charge is -2.17. The Morgan fingerprint density at radius 2 is 2.09 bits per heavy atom. The Morgan fingerprint density at radius 3 is 2.36 bits per heavy atom. The van der Waals surface area contributed by atoms with Crippen LogP contribution >= 0.6 is 0 Å². The zero-order valence-corrected chi connectivity index (χ0v) is 7.57. The van der Waals surface area contributed by atoms with E-state index < -0.39 is 0 Å². The first-order valence-electron chi connectivity index (χ1n) is 3.64. The third kappa shape index (κ3) is 3.02. The van der Waals surface area contributed by atoms with E-state index in [1.54, 1.807) is 5.01 Å². The second-order valence-corrected chi connectivity index (χ2v) is 2.60. The standard InChI is InChI=1S/C7H16N4/c1-5-7(6(2)3)11(4)10-9-8/h5-6H,1-4H3,(H2,8,10)/b7-5-. The highest BCUT2D eigenvalue weighted by Crippen LogP contribution is 2.12. The normalized spacial score (nSPS) is 13.0. The lowest BCUT2D eigenvalue weighted by Crippen LogP contribution is -2.14. The van der Waals surface area contributed by atoms with E-state index in [1.165, 1.54) is 0 Å². The average Bonchev–Trinajstić information content (AvgIpc) is 1.88.